The quantitative estimate of drug-likeness (QED) is 0.254. The Kier molecular flexibility index (Phi) is 6.47. The maximum atomic E-state index is 12.9. The van der Waals surface area contributed by atoms with E-state index in [2.05, 4.69) is 41.0 Å². The Labute approximate surface area is 200 Å². The molecule has 0 radical (unpaired) electrons. The van der Waals surface area contributed by atoms with Crippen LogP contribution in [0.15, 0.2) is 41.7 Å². The van der Waals surface area contributed by atoms with Crippen LogP contribution in [0.25, 0.3) is 16.9 Å². The second-order valence-corrected chi connectivity index (χ2v) is 8.84. The second-order valence-electron chi connectivity index (χ2n) is 8.84. The fourth-order valence-electron chi connectivity index (χ4n) is 3.31. The lowest BCUT2D eigenvalue weighted by atomic mass is 9.95. The summed E-state index contributed by atoms with van der Waals surface area (Å²) in [6.45, 7) is 5.71. The van der Waals surface area contributed by atoms with Crippen LogP contribution in [-0.4, -0.2) is 60.8 Å². The first-order valence-electron chi connectivity index (χ1n) is 11.0. The number of H-pyrrole nitrogens is 1. The summed E-state index contributed by atoms with van der Waals surface area (Å²) in [7, 11) is 1.72. The van der Waals surface area contributed by atoms with Gasteiger partial charge in [-0.1, -0.05) is 13.8 Å². The second kappa shape index (κ2) is 9.50. The third-order valence-corrected chi connectivity index (χ3v) is 5.40. The molecule has 12 nitrogen and oxygen atoms in total. The van der Waals surface area contributed by atoms with E-state index in [-0.39, 0.29) is 36.0 Å². The minimum atomic E-state index is -0.476. The Morgan fingerprint density at radius 3 is 2.69 bits per heavy atom. The zero-order chi connectivity index (χ0) is 25.2. The third kappa shape index (κ3) is 4.96. The molecule has 0 fully saturated rings. The fourth-order valence-corrected chi connectivity index (χ4v) is 3.31. The summed E-state index contributed by atoms with van der Waals surface area (Å²) in [5.74, 6) is -0.0819. The Morgan fingerprint density at radius 2 is 2.00 bits per heavy atom. The number of hydrogen-bond donors (Lipinski definition) is 5. The van der Waals surface area contributed by atoms with Gasteiger partial charge in [0.1, 0.15) is 5.69 Å². The molecular weight excluding hydrogens is 450 g/mol. The van der Waals surface area contributed by atoms with E-state index in [0.29, 0.717) is 28.4 Å². The van der Waals surface area contributed by atoms with Gasteiger partial charge in [0.15, 0.2) is 17.2 Å². The van der Waals surface area contributed by atoms with Gasteiger partial charge in [0, 0.05) is 49.6 Å². The molecule has 0 aliphatic heterocycles. The molecule has 0 spiro atoms. The first-order chi connectivity index (χ1) is 16.7. The molecule has 35 heavy (non-hydrogen) atoms. The van der Waals surface area contributed by atoms with Crippen LogP contribution in [0.2, 0.25) is 0 Å². The van der Waals surface area contributed by atoms with Gasteiger partial charge in [-0.05, 0) is 13.0 Å². The number of hydrogen-bond acceptors (Lipinski definition) is 9. The summed E-state index contributed by atoms with van der Waals surface area (Å²) in [6.07, 6.45) is 6.18. The van der Waals surface area contributed by atoms with Crippen molar-refractivity contribution in [3.8, 4) is 11.3 Å². The number of carbonyl (C=O) groups is 1. The van der Waals surface area contributed by atoms with Crippen LogP contribution in [-0.2, 0) is 0 Å². The van der Waals surface area contributed by atoms with E-state index < -0.39 is 5.41 Å². The van der Waals surface area contributed by atoms with Gasteiger partial charge < -0.3 is 26.0 Å². The summed E-state index contributed by atoms with van der Waals surface area (Å²) >= 11 is 0. The maximum absolute atomic E-state index is 12.9. The van der Waals surface area contributed by atoms with Gasteiger partial charge in [-0.25, -0.2) is 9.50 Å². The number of aryl methyl sites for hydroxylation is 1. The summed E-state index contributed by atoms with van der Waals surface area (Å²) in [4.78, 5) is 41.2. The highest BCUT2D eigenvalue weighted by atomic mass is 16.3. The lowest BCUT2D eigenvalue weighted by Crippen LogP contribution is -2.36. The van der Waals surface area contributed by atoms with Gasteiger partial charge in [-0.3, -0.25) is 19.6 Å². The van der Waals surface area contributed by atoms with Crippen LogP contribution >= 0.6 is 0 Å². The molecular formula is C23H27N9O3. The molecule has 0 aromatic carbocycles. The molecule has 1 amide bonds. The molecule has 4 aromatic heterocycles. The first kappa shape index (κ1) is 23.8. The van der Waals surface area contributed by atoms with Gasteiger partial charge in [-0.15, -0.1) is 5.10 Å². The molecule has 0 bridgehead atoms. The van der Waals surface area contributed by atoms with E-state index >= 15 is 0 Å². The smallest absolute Gasteiger partial charge is 0.272 e. The van der Waals surface area contributed by atoms with Gasteiger partial charge in [0.2, 0.25) is 0 Å². The highest BCUT2D eigenvalue weighted by molar-refractivity contribution is 5.94. The number of aliphatic hydroxyl groups excluding tert-OH is 1. The molecule has 12 heteroatoms. The van der Waals surface area contributed by atoms with Crippen molar-refractivity contribution >= 4 is 28.7 Å². The standard InChI is InChI=1S/C23H27N9O3/c1-13-8-27-16(9-26-13)14-5-6-25-22(35)19(14)30-18-7-15(24-4)20-28-10-17(32(20)31-18)21(34)29-11-23(2,3)12-33/h5-10,24,33H,11-12H2,1-4H3,(H,25,35)(H,29,34)(H,30,31). The number of anilines is 3. The fraction of sp³-hybridized carbons (Fsp3) is 0.304. The first-order valence-corrected chi connectivity index (χ1v) is 11.0. The highest BCUT2D eigenvalue weighted by Gasteiger charge is 2.21. The average Bonchev–Trinajstić information content (AvgIpc) is 3.28. The highest BCUT2D eigenvalue weighted by Crippen LogP contribution is 2.27. The molecule has 0 saturated heterocycles. The van der Waals surface area contributed by atoms with Crippen molar-refractivity contribution in [2.75, 3.05) is 30.8 Å². The van der Waals surface area contributed by atoms with E-state index in [4.69, 9.17) is 0 Å². The van der Waals surface area contributed by atoms with E-state index in [9.17, 15) is 14.7 Å². The van der Waals surface area contributed by atoms with Crippen LogP contribution in [0.3, 0.4) is 0 Å². The zero-order valence-corrected chi connectivity index (χ0v) is 19.9. The SMILES string of the molecule is CNc1cc(Nc2c(-c3cnc(C)cn3)cc[nH]c2=O)nn2c(C(=O)NCC(C)(C)CO)cnc12. The van der Waals surface area contributed by atoms with Gasteiger partial charge in [-0.2, -0.15) is 0 Å². The number of aromatic nitrogens is 6. The number of aliphatic hydroxyl groups is 1. The minimum absolute atomic E-state index is 0.0734. The Balaban J connectivity index is 1.74. The van der Waals surface area contributed by atoms with Gasteiger partial charge >= 0.3 is 0 Å². The number of aromatic amines is 1. The van der Waals surface area contributed by atoms with E-state index in [1.165, 1.54) is 16.9 Å². The molecule has 0 aliphatic carbocycles. The molecule has 0 atom stereocenters. The molecule has 0 unspecified atom stereocenters. The zero-order valence-electron chi connectivity index (χ0n) is 19.9. The monoisotopic (exact) mass is 477 g/mol. The molecule has 4 aromatic rings. The number of rotatable bonds is 8. The average molecular weight is 478 g/mol. The lowest BCUT2D eigenvalue weighted by molar-refractivity contribution is 0.0904. The summed E-state index contributed by atoms with van der Waals surface area (Å²) in [5.41, 5.74) is 2.46. The predicted octanol–water partition coefficient (Wildman–Crippen LogP) is 1.72. The molecule has 0 saturated carbocycles. The van der Waals surface area contributed by atoms with Crippen molar-refractivity contribution in [3.63, 3.8) is 0 Å². The van der Waals surface area contributed by atoms with Crippen LogP contribution in [0, 0.1) is 12.3 Å². The van der Waals surface area contributed by atoms with E-state index in [0.717, 1.165) is 5.69 Å². The van der Waals surface area contributed by atoms with Crippen molar-refractivity contribution < 1.29 is 9.90 Å². The van der Waals surface area contributed by atoms with Crippen molar-refractivity contribution in [1.29, 1.82) is 0 Å². The Hall–Kier alpha value is -4.32. The Morgan fingerprint density at radius 1 is 1.20 bits per heavy atom. The third-order valence-electron chi connectivity index (χ3n) is 5.40. The summed E-state index contributed by atoms with van der Waals surface area (Å²) in [5, 5.41) is 22.9. The van der Waals surface area contributed by atoms with Crippen LogP contribution in [0.1, 0.15) is 30.0 Å². The molecule has 4 rings (SSSR count). The molecule has 0 aliphatic rings. The predicted molar refractivity (Wildman–Crippen MR) is 132 cm³/mol. The van der Waals surface area contributed by atoms with Crippen LogP contribution in [0.5, 0.6) is 0 Å². The Bertz CT molecular complexity index is 1420. The minimum Gasteiger partial charge on any atom is -0.396 e. The number of nitrogens with zero attached hydrogens (tertiary/aromatic N) is 5. The number of fused-ring (bicyclic) bond motifs is 1. The number of pyridine rings is 1. The topological polar surface area (TPSA) is 162 Å². The lowest BCUT2D eigenvalue weighted by Gasteiger charge is -2.21. The molecule has 5 N–H and O–H groups in total. The van der Waals surface area contributed by atoms with E-state index in [1.54, 1.807) is 31.6 Å². The summed E-state index contributed by atoms with van der Waals surface area (Å²) in [6, 6.07) is 3.41. The molecule has 4 heterocycles. The summed E-state index contributed by atoms with van der Waals surface area (Å²) < 4.78 is 1.40. The van der Waals surface area contributed by atoms with Crippen LogP contribution < -0.4 is 21.5 Å². The molecule has 182 valence electrons. The van der Waals surface area contributed by atoms with Crippen molar-refractivity contribution in [2.24, 2.45) is 5.41 Å². The van der Waals surface area contributed by atoms with E-state index in [1.807, 2.05) is 20.8 Å². The normalized spacial score (nSPS) is 11.5. The van der Waals surface area contributed by atoms with Gasteiger partial charge in [0.25, 0.3) is 11.5 Å². The maximum Gasteiger partial charge on any atom is 0.272 e. The number of imidazole rings is 1. The largest absolute Gasteiger partial charge is 0.396 e. The number of nitrogens with one attached hydrogen (secondary N) is 4. The van der Waals surface area contributed by atoms with Crippen LogP contribution in [0.4, 0.5) is 17.2 Å². The van der Waals surface area contributed by atoms with Gasteiger partial charge in [0.05, 0.1) is 29.5 Å². The number of carbonyl (C=O) groups excluding carboxylic acids is 1. The van der Waals surface area contributed by atoms with Crippen molar-refractivity contribution in [2.45, 2.75) is 20.8 Å². The van der Waals surface area contributed by atoms with Crippen molar-refractivity contribution in [3.05, 3.63) is 58.7 Å². The van der Waals surface area contributed by atoms with Crippen molar-refractivity contribution in [1.82, 2.24) is 34.9 Å². The number of amides is 1.